The molecule has 4 heteroatoms. The highest BCUT2D eigenvalue weighted by molar-refractivity contribution is 8.02. The zero-order valence-corrected chi connectivity index (χ0v) is 11.4. The zero-order chi connectivity index (χ0) is 13.1. The lowest BCUT2D eigenvalue weighted by Crippen LogP contribution is -2.10. The number of benzene rings is 1. The van der Waals surface area contributed by atoms with Crippen LogP contribution in [0.2, 0.25) is 0 Å². The molecule has 0 atom stereocenters. The highest BCUT2D eigenvalue weighted by Crippen LogP contribution is 2.26. The van der Waals surface area contributed by atoms with E-state index in [0.29, 0.717) is 0 Å². The first-order chi connectivity index (χ1) is 7.80. The van der Waals surface area contributed by atoms with Gasteiger partial charge in [0.05, 0.1) is 4.92 Å². The Kier molecular flexibility index (Phi) is 4.34. The first-order valence-electron chi connectivity index (χ1n) is 5.39. The van der Waals surface area contributed by atoms with Crippen LogP contribution >= 0.6 is 11.8 Å². The number of allylic oxidation sites excluding steroid dienone is 1. The van der Waals surface area contributed by atoms with E-state index in [1.807, 2.05) is 12.1 Å². The third-order valence-electron chi connectivity index (χ3n) is 2.37. The summed E-state index contributed by atoms with van der Waals surface area (Å²) in [5.41, 5.74) is 1.56. The first-order valence-corrected chi connectivity index (χ1v) is 6.27. The molecule has 0 saturated heterocycles. The molecular weight excluding hydrogens is 234 g/mol. The summed E-state index contributed by atoms with van der Waals surface area (Å²) in [7, 11) is 0. The fraction of sp³-hybridized carbons (Fsp3) is 0.385. The maximum Gasteiger partial charge on any atom is 0.249 e. The standard InChI is InChI=1S/C13H17NO2S/c1-10(14(15)16)9-17-12-7-5-11(6-8-12)13(2,3)4/h5-9H,1-4H3. The van der Waals surface area contributed by atoms with Crippen molar-refractivity contribution >= 4 is 11.8 Å². The number of hydrogen-bond donors (Lipinski definition) is 0. The van der Waals surface area contributed by atoms with Crippen LogP contribution in [0.4, 0.5) is 0 Å². The molecule has 1 aromatic carbocycles. The van der Waals surface area contributed by atoms with Gasteiger partial charge in [-0.3, -0.25) is 10.1 Å². The molecule has 0 aliphatic carbocycles. The van der Waals surface area contributed by atoms with Crippen molar-refractivity contribution < 1.29 is 4.92 Å². The Labute approximate surface area is 106 Å². The maximum atomic E-state index is 10.4. The van der Waals surface area contributed by atoms with Crippen LogP contribution in [-0.4, -0.2) is 4.92 Å². The normalized spacial score (nSPS) is 12.6. The molecule has 0 spiro atoms. The number of nitrogens with zero attached hydrogens (tertiary/aromatic N) is 1. The van der Waals surface area contributed by atoms with Crippen LogP contribution in [0.25, 0.3) is 0 Å². The lowest BCUT2D eigenvalue weighted by Gasteiger charge is -2.18. The van der Waals surface area contributed by atoms with Gasteiger partial charge in [0.1, 0.15) is 0 Å². The van der Waals surface area contributed by atoms with E-state index < -0.39 is 0 Å². The van der Waals surface area contributed by atoms with E-state index in [-0.39, 0.29) is 16.0 Å². The van der Waals surface area contributed by atoms with E-state index in [2.05, 4.69) is 32.9 Å². The first kappa shape index (κ1) is 13.8. The van der Waals surface area contributed by atoms with Crippen molar-refractivity contribution in [2.45, 2.75) is 38.0 Å². The average Bonchev–Trinajstić information content (AvgIpc) is 2.25. The summed E-state index contributed by atoms with van der Waals surface area (Å²) in [6, 6.07) is 8.12. The Hall–Kier alpha value is -1.29. The van der Waals surface area contributed by atoms with Gasteiger partial charge in [0.2, 0.25) is 5.70 Å². The lowest BCUT2D eigenvalue weighted by atomic mass is 9.87. The fourth-order valence-electron chi connectivity index (χ4n) is 1.23. The van der Waals surface area contributed by atoms with Gasteiger partial charge < -0.3 is 0 Å². The summed E-state index contributed by atoms with van der Waals surface area (Å²) < 4.78 is 0. The van der Waals surface area contributed by atoms with E-state index in [0.717, 1.165) is 4.90 Å². The summed E-state index contributed by atoms with van der Waals surface area (Å²) in [5, 5.41) is 12.0. The Morgan fingerprint density at radius 3 is 2.24 bits per heavy atom. The van der Waals surface area contributed by atoms with Crippen molar-refractivity contribution in [3.63, 3.8) is 0 Å². The predicted molar refractivity (Wildman–Crippen MR) is 71.8 cm³/mol. The van der Waals surface area contributed by atoms with Gasteiger partial charge in [-0.15, -0.1) is 0 Å². The van der Waals surface area contributed by atoms with Crippen LogP contribution in [0.3, 0.4) is 0 Å². The van der Waals surface area contributed by atoms with Gasteiger partial charge in [-0.25, -0.2) is 0 Å². The van der Waals surface area contributed by atoms with Crippen LogP contribution < -0.4 is 0 Å². The Morgan fingerprint density at radius 2 is 1.82 bits per heavy atom. The molecule has 92 valence electrons. The van der Waals surface area contributed by atoms with Gasteiger partial charge >= 0.3 is 0 Å². The van der Waals surface area contributed by atoms with Crippen molar-refractivity contribution in [1.82, 2.24) is 0 Å². The molecule has 0 fully saturated rings. The van der Waals surface area contributed by atoms with Gasteiger partial charge in [-0.2, -0.15) is 0 Å². The lowest BCUT2D eigenvalue weighted by molar-refractivity contribution is -0.424. The van der Waals surface area contributed by atoms with Crippen molar-refractivity contribution in [2.75, 3.05) is 0 Å². The minimum absolute atomic E-state index is 0.135. The van der Waals surface area contributed by atoms with Crippen LogP contribution in [0.1, 0.15) is 33.3 Å². The van der Waals surface area contributed by atoms with Gasteiger partial charge in [0, 0.05) is 17.2 Å². The van der Waals surface area contributed by atoms with Gasteiger partial charge in [0.15, 0.2) is 0 Å². The van der Waals surface area contributed by atoms with E-state index in [1.165, 1.54) is 24.2 Å². The minimum Gasteiger partial charge on any atom is -0.259 e. The summed E-state index contributed by atoms with van der Waals surface area (Å²) in [4.78, 5) is 11.1. The van der Waals surface area contributed by atoms with E-state index >= 15 is 0 Å². The van der Waals surface area contributed by atoms with Crippen LogP contribution in [0, 0.1) is 10.1 Å². The molecule has 1 aromatic rings. The van der Waals surface area contributed by atoms with E-state index in [4.69, 9.17) is 0 Å². The maximum absolute atomic E-state index is 10.4. The van der Waals surface area contributed by atoms with Crippen molar-refractivity contribution in [1.29, 1.82) is 0 Å². The monoisotopic (exact) mass is 251 g/mol. The van der Waals surface area contributed by atoms with E-state index in [1.54, 1.807) is 5.41 Å². The molecule has 0 bridgehead atoms. The van der Waals surface area contributed by atoms with Gasteiger partial charge in [0.25, 0.3) is 0 Å². The SMILES string of the molecule is CC(=CSc1ccc(C(C)(C)C)cc1)[N+](=O)[O-]. The number of nitro groups is 1. The minimum atomic E-state index is -0.378. The fourth-order valence-corrected chi connectivity index (χ4v) is 1.92. The van der Waals surface area contributed by atoms with Crippen LogP contribution in [0.5, 0.6) is 0 Å². The van der Waals surface area contributed by atoms with Crippen LogP contribution in [-0.2, 0) is 5.41 Å². The number of thioether (sulfide) groups is 1. The molecule has 0 unspecified atom stereocenters. The molecule has 0 saturated carbocycles. The molecule has 0 aromatic heterocycles. The molecule has 1 rings (SSSR count). The van der Waals surface area contributed by atoms with Crippen molar-refractivity contribution in [2.24, 2.45) is 0 Å². The molecule has 0 aliphatic rings. The topological polar surface area (TPSA) is 43.1 Å². The van der Waals surface area contributed by atoms with E-state index in [9.17, 15) is 10.1 Å². The molecule has 3 nitrogen and oxygen atoms in total. The molecule has 17 heavy (non-hydrogen) atoms. The van der Waals surface area contributed by atoms with Crippen LogP contribution in [0.15, 0.2) is 40.3 Å². The van der Waals surface area contributed by atoms with Crippen molar-refractivity contribution in [3.8, 4) is 0 Å². The highest BCUT2D eigenvalue weighted by Gasteiger charge is 2.12. The molecular formula is C13H17NO2S. The summed E-state index contributed by atoms with van der Waals surface area (Å²) >= 11 is 1.37. The summed E-state index contributed by atoms with van der Waals surface area (Å²) in [6.07, 6.45) is 0. The second kappa shape index (κ2) is 5.36. The molecule has 0 aliphatic heterocycles. The highest BCUT2D eigenvalue weighted by atomic mass is 32.2. The molecule has 0 radical (unpaired) electrons. The zero-order valence-electron chi connectivity index (χ0n) is 10.6. The quantitative estimate of drug-likeness (QED) is 0.459. The third-order valence-corrected chi connectivity index (χ3v) is 3.38. The average molecular weight is 251 g/mol. The third kappa shape index (κ3) is 4.23. The summed E-state index contributed by atoms with van der Waals surface area (Å²) in [5.74, 6) is 0. The Morgan fingerprint density at radius 1 is 1.29 bits per heavy atom. The second-order valence-electron chi connectivity index (χ2n) is 4.91. The number of hydrogen-bond acceptors (Lipinski definition) is 3. The van der Waals surface area contributed by atoms with Gasteiger partial charge in [-0.05, 0) is 23.1 Å². The molecule has 0 amide bonds. The molecule has 0 heterocycles. The Bertz CT molecular complexity index is 430. The number of rotatable bonds is 3. The van der Waals surface area contributed by atoms with Gasteiger partial charge in [-0.1, -0.05) is 44.7 Å². The predicted octanol–water partition coefficient (Wildman–Crippen LogP) is 4.21. The Balaban J connectivity index is 2.76. The van der Waals surface area contributed by atoms with Crippen molar-refractivity contribution in [3.05, 3.63) is 51.0 Å². The smallest absolute Gasteiger partial charge is 0.249 e. The second-order valence-corrected chi connectivity index (χ2v) is 5.85. The molecule has 0 N–H and O–H groups in total. The summed E-state index contributed by atoms with van der Waals surface area (Å²) in [6.45, 7) is 7.97. The largest absolute Gasteiger partial charge is 0.259 e.